The molecule has 2 rings (SSSR count). The van der Waals surface area contributed by atoms with Crippen molar-refractivity contribution in [3.05, 3.63) is 23.9 Å². The lowest BCUT2D eigenvalue weighted by Crippen LogP contribution is -2.32. The fourth-order valence-corrected chi connectivity index (χ4v) is 2.80. The Balaban J connectivity index is 1.93. The third-order valence-electron chi connectivity index (χ3n) is 3.82. The summed E-state index contributed by atoms with van der Waals surface area (Å²) in [4.78, 5) is 4.01. The summed E-state index contributed by atoms with van der Waals surface area (Å²) in [6.45, 7) is 0. The van der Waals surface area contributed by atoms with Crippen LogP contribution in [-0.2, 0) is 6.42 Å². The molecule has 0 bridgehead atoms. The topological polar surface area (TPSA) is 64.9 Å². The highest BCUT2D eigenvalue weighted by atomic mass is 14.8. The highest BCUT2D eigenvalue weighted by molar-refractivity contribution is 5.32. The van der Waals surface area contributed by atoms with E-state index in [1.54, 1.807) is 6.20 Å². The van der Waals surface area contributed by atoms with E-state index in [9.17, 15) is 0 Å². The third-order valence-corrected chi connectivity index (χ3v) is 3.82. The molecule has 1 atom stereocenters. The Morgan fingerprint density at radius 2 is 1.94 bits per heavy atom. The van der Waals surface area contributed by atoms with Gasteiger partial charge in [0.1, 0.15) is 5.82 Å². The molecule has 1 aliphatic rings. The molecule has 0 amide bonds. The van der Waals surface area contributed by atoms with Gasteiger partial charge in [0.25, 0.3) is 0 Å². The van der Waals surface area contributed by atoms with E-state index in [2.05, 4.69) is 4.98 Å². The van der Waals surface area contributed by atoms with E-state index < -0.39 is 0 Å². The van der Waals surface area contributed by atoms with E-state index in [-0.39, 0.29) is 6.04 Å². The number of hydrogen-bond donors (Lipinski definition) is 2. The van der Waals surface area contributed by atoms with Crippen molar-refractivity contribution in [1.29, 1.82) is 0 Å². The smallest absolute Gasteiger partial charge is 0.123 e. The average Bonchev–Trinajstić information content (AvgIpc) is 2.57. The van der Waals surface area contributed by atoms with E-state index >= 15 is 0 Å². The van der Waals surface area contributed by atoms with E-state index in [1.807, 2.05) is 12.1 Å². The maximum Gasteiger partial charge on any atom is 0.123 e. The number of aromatic nitrogens is 1. The number of nitrogens with two attached hydrogens (primary N) is 2. The van der Waals surface area contributed by atoms with Crippen molar-refractivity contribution >= 4 is 5.82 Å². The SMILES string of the molecule is Nc1cc(CC(N)C2CCCCCC2)ccn1. The van der Waals surface area contributed by atoms with Crippen LogP contribution in [0.1, 0.15) is 44.1 Å². The lowest BCUT2D eigenvalue weighted by Gasteiger charge is -2.22. The molecule has 1 aromatic rings. The van der Waals surface area contributed by atoms with Gasteiger partial charge in [0, 0.05) is 12.2 Å². The summed E-state index contributed by atoms with van der Waals surface area (Å²) in [5.74, 6) is 1.28. The van der Waals surface area contributed by atoms with Crippen molar-refractivity contribution < 1.29 is 0 Å². The predicted octanol–water partition coefficient (Wildman–Crippen LogP) is 2.50. The summed E-state index contributed by atoms with van der Waals surface area (Å²) >= 11 is 0. The summed E-state index contributed by atoms with van der Waals surface area (Å²) < 4.78 is 0. The molecule has 1 aromatic heterocycles. The summed E-state index contributed by atoms with van der Waals surface area (Å²) in [6.07, 6.45) is 10.7. The third kappa shape index (κ3) is 3.70. The van der Waals surface area contributed by atoms with Crippen molar-refractivity contribution in [3.63, 3.8) is 0 Å². The number of hydrogen-bond acceptors (Lipinski definition) is 3. The van der Waals surface area contributed by atoms with Crippen LogP contribution in [0.15, 0.2) is 18.3 Å². The lowest BCUT2D eigenvalue weighted by atomic mass is 9.88. The van der Waals surface area contributed by atoms with Gasteiger partial charge < -0.3 is 11.5 Å². The summed E-state index contributed by atoms with van der Waals surface area (Å²) in [7, 11) is 0. The first kappa shape index (κ1) is 12.4. The van der Waals surface area contributed by atoms with Crippen molar-refractivity contribution in [1.82, 2.24) is 4.98 Å². The number of rotatable bonds is 3. The Morgan fingerprint density at radius 3 is 2.59 bits per heavy atom. The molecule has 17 heavy (non-hydrogen) atoms. The van der Waals surface area contributed by atoms with Crippen LogP contribution in [0, 0.1) is 5.92 Å². The Morgan fingerprint density at radius 1 is 1.24 bits per heavy atom. The standard InChI is InChI=1S/C14H23N3/c15-13(12-5-3-1-2-4-6-12)9-11-7-8-17-14(16)10-11/h7-8,10,12-13H,1-6,9,15H2,(H2,16,17). The first-order valence-electron chi connectivity index (χ1n) is 6.71. The monoisotopic (exact) mass is 233 g/mol. The van der Waals surface area contributed by atoms with Crippen LogP contribution in [0.4, 0.5) is 5.82 Å². The van der Waals surface area contributed by atoms with Crippen LogP contribution < -0.4 is 11.5 Å². The predicted molar refractivity (Wildman–Crippen MR) is 71.5 cm³/mol. The summed E-state index contributed by atoms with van der Waals surface area (Å²) in [6, 6.07) is 4.23. The first-order valence-corrected chi connectivity index (χ1v) is 6.71. The molecule has 1 fully saturated rings. The van der Waals surface area contributed by atoms with Gasteiger partial charge in [0.2, 0.25) is 0 Å². The zero-order chi connectivity index (χ0) is 12.1. The highest BCUT2D eigenvalue weighted by Gasteiger charge is 2.19. The Kier molecular flexibility index (Phi) is 4.37. The molecule has 0 saturated heterocycles. The quantitative estimate of drug-likeness (QED) is 0.788. The van der Waals surface area contributed by atoms with Crippen molar-refractivity contribution in [2.45, 2.75) is 51.0 Å². The van der Waals surface area contributed by atoms with E-state index in [1.165, 1.54) is 44.1 Å². The Hall–Kier alpha value is -1.09. The summed E-state index contributed by atoms with van der Waals surface area (Å²) in [5.41, 5.74) is 13.2. The molecule has 1 heterocycles. The van der Waals surface area contributed by atoms with Crippen LogP contribution in [0.2, 0.25) is 0 Å². The van der Waals surface area contributed by atoms with Gasteiger partial charge in [-0.25, -0.2) is 4.98 Å². The molecule has 0 radical (unpaired) electrons. The van der Waals surface area contributed by atoms with Crippen molar-refractivity contribution in [2.24, 2.45) is 11.7 Å². The second-order valence-corrected chi connectivity index (χ2v) is 5.21. The largest absolute Gasteiger partial charge is 0.384 e. The molecule has 0 spiro atoms. The molecular weight excluding hydrogens is 210 g/mol. The Bertz CT molecular complexity index is 343. The van der Waals surface area contributed by atoms with Gasteiger partial charge in [-0.2, -0.15) is 0 Å². The number of anilines is 1. The summed E-state index contributed by atoms with van der Waals surface area (Å²) in [5, 5.41) is 0. The fraction of sp³-hybridized carbons (Fsp3) is 0.643. The molecule has 3 nitrogen and oxygen atoms in total. The molecule has 1 aliphatic carbocycles. The minimum absolute atomic E-state index is 0.273. The fourth-order valence-electron chi connectivity index (χ4n) is 2.80. The van der Waals surface area contributed by atoms with E-state index in [0.29, 0.717) is 11.7 Å². The van der Waals surface area contributed by atoms with Gasteiger partial charge in [-0.3, -0.25) is 0 Å². The molecule has 1 saturated carbocycles. The minimum Gasteiger partial charge on any atom is -0.384 e. The molecule has 4 N–H and O–H groups in total. The second kappa shape index (κ2) is 6.01. The molecule has 0 aliphatic heterocycles. The number of nitrogen functional groups attached to an aromatic ring is 1. The van der Waals surface area contributed by atoms with Crippen LogP contribution in [0.25, 0.3) is 0 Å². The van der Waals surface area contributed by atoms with Gasteiger partial charge in [-0.1, -0.05) is 25.7 Å². The maximum absolute atomic E-state index is 6.34. The average molecular weight is 233 g/mol. The zero-order valence-corrected chi connectivity index (χ0v) is 10.4. The minimum atomic E-state index is 0.273. The van der Waals surface area contributed by atoms with E-state index in [4.69, 9.17) is 11.5 Å². The molecule has 1 unspecified atom stereocenters. The second-order valence-electron chi connectivity index (χ2n) is 5.21. The maximum atomic E-state index is 6.34. The van der Waals surface area contributed by atoms with Gasteiger partial charge in [0.15, 0.2) is 0 Å². The lowest BCUT2D eigenvalue weighted by molar-refractivity contribution is 0.372. The van der Waals surface area contributed by atoms with E-state index in [0.717, 1.165) is 6.42 Å². The zero-order valence-electron chi connectivity index (χ0n) is 10.4. The molecule has 94 valence electrons. The van der Waals surface area contributed by atoms with Crippen LogP contribution in [0.3, 0.4) is 0 Å². The molecular formula is C14H23N3. The van der Waals surface area contributed by atoms with Crippen LogP contribution in [0.5, 0.6) is 0 Å². The number of nitrogens with zero attached hydrogens (tertiary/aromatic N) is 1. The molecule has 0 aromatic carbocycles. The van der Waals surface area contributed by atoms with Crippen LogP contribution >= 0.6 is 0 Å². The van der Waals surface area contributed by atoms with Gasteiger partial charge in [-0.15, -0.1) is 0 Å². The van der Waals surface area contributed by atoms with Crippen molar-refractivity contribution in [3.8, 4) is 0 Å². The van der Waals surface area contributed by atoms with Gasteiger partial charge >= 0.3 is 0 Å². The normalized spacial score (nSPS) is 19.8. The Labute approximate surface area is 104 Å². The highest BCUT2D eigenvalue weighted by Crippen LogP contribution is 2.26. The number of pyridine rings is 1. The first-order chi connectivity index (χ1) is 8.25. The van der Waals surface area contributed by atoms with Gasteiger partial charge in [-0.05, 0) is 42.9 Å². The molecule has 3 heteroatoms. The van der Waals surface area contributed by atoms with Gasteiger partial charge in [0.05, 0.1) is 0 Å². The van der Waals surface area contributed by atoms with Crippen LogP contribution in [-0.4, -0.2) is 11.0 Å². The van der Waals surface area contributed by atoms with Crippen molar-refractivity contribution in [2.75, 3.05) is 5.73 Å².